The third-order valence-electron chi connectivity index (χ3n) is 2.78. The molecule has 1 rings (SSSR count). The minimum Gasteiger partial charge on any atom is -0.497 e. The second kappa shape index (κ2) is 6.63. The normalized spacial score (nSPS) is 10.3. The first-order valence-electron chi connectivity index (χ1n) is 5.76. The van der Waals surface area contributed by atoms with Gasteiger partial charge in [0.15, 0.2) is 0 Å². The minimum atomic E-state index is -0.496. The van der Waals surface area contributed by atoms with Crippen molar-refractivity contribution >= 4 is 11.8 Å². The third-order valence-corrected chi connectivity index (χ3v) is 2.78. The molecule has 0 saturated heterocycles. The van der Waals surface area contributed by atoms with Gasteiger partial charge in [-0.05, 0) is 11.6 Å². The van der Waals surface area contributed by atoms with E-state index in [9.17, 15) is 9.59 Å². The molecule has 4 N–H and O–H groups in total. The van der Waals surface area contributed by atoms with Crippen LogP contribution in [0.3, 0.4) is 0 Å². The number of nitrogens with two attached hydrogens (primary N) is 2. The topological polar surface area (TPSA) is 105 Å². The lowest BCUT2D eigenvalue weighted by molar-refractivity contribution is -0.119. The Bertz CT molecular complexity index is 458. The highest BCUT2D eigenvalue weighted by Gasteiger charge is 2.21. The lowest BCUT2D eigenvalue weighted by atomic mass is 9.91. The van der Waals surface area contributed by atoms with Gasteiger partial charge in [-0.25, -0.2) is 0 Å². The van der Waals surface area contributed by atoms with Crippen molar-refractivity contribution < 1.29 is 19.1 Å². The number of ether oxygens (including phenoxy) is 2. The van der Waals surface area contributed by atoms with E-state index < -0.39 is 17.7 Å². The lowest BCUT2D eigenvalue weighted by Gasteiger charge is -2.18. The Labute approximate surface area is 111 Å². The van der Waals surface area contributed by atoms with Crippen LogP contribution in [0.4, 0.5) is 0 Å². The molecule has 0 aliphatic carbocycles. The number of methoxy groups -OCH3 is 2. The molecule has 0 spiro atoms. The molecule has 1 aromatic carbocycles. The van der Waals surface area contributed by atoms with E-state index in [0.29, 0.717) is 17.1 Å². The standard InChI is InChI=1S/C13H18N2O4/c1-18-9-3-4-10(11(7-9)19-2)8(5-12(14)16)6-13(15)17/h3-4,7-8H,5-6H2,1-2H3,(H2,14,16)(H2,15,17). The highest BCUT2D eigenvalue weighted by molar-refractivity contribution is 5.79. The molecule has 6 nitrogen and oxygen atoms in total. The Morgan fingerprint density at radius 2 is 1.68 bits per heavy atom. The summed E-state index contributed by atoms with van der Waals surface area (Å²) in [5, 5.41) is 0. The maximum atomic E-state index is 11.1. The molecular formula is C13H18N2O4. The summed E-state index contributed by atoms with van der Waals surface area (Å²) < 4.78 is 10.3. The smallest absolute Gasteiger partial charge is 0.218 e. The second-order valence-corrected chi connectivity index (χ2v) is 4.15. The molecular weight excluding hydrogens is 248 g/mol. The van der Waals surface area contributed by atoms with Gasteiger partial charge in [0.05, 0.1) is 14.2 Å². The molecule has 0 fully saturated rings. The number of carbonyl (C=O) groups excluding carboxylic acids is 2. The van der Waals surface area contributed by atoms with Crippen molar-refractivity contribution in [2.75, 3.05) is 14.2 Å². The molecule has 2 amide bonds. The molecule has 0 saturated carbocycles. The quantitative estimate of drug-likeness (QED) is 0.751. The first-order chi connectivity index (χ1) is 8.97. The summed E-state index contributed by atoms with van der Waals surface area (Å²) in [5.74, 6) is -0.228. The van der Waals surface area contributed by atoms with Gasteiger partial charge < -0.3 is 20.9 Å². The maximum Gasteiger partial charge on any atom is 0.218 e. The Balaban J connectivity index is 3.12. The largest absolute Gasteiger partial charge is 0.497 e. The third kappa shape index (κ3) is 4.17. The Kier molecular flexibility index (Phi) is 5.17. The summed E-state index contributed by atoms with van der Waals surface area (Å²) in [6.45, 7) is 0. The summed E-state index contributed by atoms with van der Waals surface area (Å²) in [6.07, 6.45) is 0.0667. The van der Waals surface area contributed by atoms with Crippen molar-refractivity contribution in [1.29, 1.82) is 0 Å². The fourth-order valence-corrected chi connectivity index (χ4v) is 1.93. The molecule has 0 unspecified atom stereocenters. The number of hydrogen-bond acceptors (Lipinski definition) is 4. The van der Waals surface area contributed by atoms with Gasteiger partial charge in [-0.1, -0.05) is 6.07 Å². The van der Waals surface area contributed by atoms with Crippen LogP contribution in [0.15, 0.2) is 18.2 Å². The van der Waals surface area contributed by atoms with Gasteiger partial charge in [-0.15, -0.1) is 0 Å². The van der Waals surface area contributed by atoms with Crippen LogP contribution in [0, 0.1) is 0 Å². The van der Waals surface area contributed by atoms with Crippen molar-refractivity contribution in [1.82, 2.24) is 0 Å². The van der Waals surface area contributed by atoms with Gasteiger partial charge in [0, 0.05) is 24.8 Å². The number of hydrogen-bond donors (Lipinski definition) is 2. The molecule has 0 heterocycles. The van der Waals surface area contributed by atoms with Gasteiger partial charge in [0.25, 0.3) is 0 Å². The van der Waals surface area contributed by atoms with Gasteiger partial charge in [-0.3, -0.25) is 9.59 Å². The SMILES string of the molecule is COc1ccc(C(CC(N)=O)CC(N)=O)c(OC)c1. The van der Waals surface area contributed by atoms with E-state index in [1.54, 1.807) is 25.3 Å². The van der Waals surface area contributed by atoms with Crippen LogP contribution in [0.25, 0.3) is 0 Å². The van der Waals surface area contributed by atoms with E-state index >= 15 is 0 Å². The van der Waals surface area contributed by atoms with Crippen LogP contribution >= 0.6 is 0 Å². The van der Waals surface area contributed by atoms with Crippen LogP contribution in [0.5, 0.6) is 11.5 Å². The second-order valence-electron chi connectivity index (χ2n) is 4.15. The first kappa shape index (κ1) is 14.8. The maximum absolute atomic E-state index is 11.1. The average molecular weight is 266 g/mol. The van der Waals surface area contributed by atoms with Crippen LogP contribution in [0.1, 0.15) is 24.3 Å². The van der Waals surface area contributed by atoms with E-state index in [4.69, 9.17) is 20.9 Å². The summed E-state index contributed by atoms with van der Waals surface area (Å²) in [4.78, 5) is 22.2. The Morgan fingerprint density at radius 3 is 2.11 bits per heavy atom. The fraction of sp³-hybridized carbons (Fsp3) is 0.385. The predicted octanol–water partition coefficient (Wildman–Crippen LogP) is 0.538. The zero-order chi connectivity index (χ0) is 14.4. The molecule has 0 bridgehead atoms. The van der Waals surface area contributed by atoms with Crippen molar-refractivity contribution in [2.24, 2.45) is 11.5 Å². The minimum absolute atomic E-state index is 0.0334. The highest BCUT2D eigenvalue weighted by Crippen LogP contribution is 2.34. The average Bonchev–Trinajstić information content (AvgIpc) is 2.36. The molecule has 0 aliphatic rings. The zero-order valence-corrected chi connectivity index (χ0v) is 11.0. The number of primary amides is 2. The predicted molar refractivity (Wildman–Crippen MR) is 69.9 cm³/mol. The van der Waals surface area contributed by atoms with E-state index in [1.807, 2.05) is 0 Å². The van der Waals surface area contributed by atoms with E-state index in [1.165, 1.54) is 7.11 Å². The van der Waals surface area contributed by atoms with Gasteiger partial charge in [0.1, 0.15) is 11.5 Å². The monoisotopic (exact) mass is 266 g/mol. The van der Waals surface area contributed by atoms with Crippen LogP contribution in [-0.2, 0) is 9.59 Å². The molecule has 0 atom stereocenters. The Hall–Kier alpha value is -2.24. The van der Waals surface area contributed by atoms with E-state index in [0.717, 1.165) is 0 Å². The summed E-state index contributed by atoms with van der Waals surface area (Å²) in [7, 11) is 3.04. The molecule has 0 radical (unpaired) electrons. The van der Waals surface area contributed by atoms with Crippen LogP contribution in [0.2, 0.25) is 0 Å². The summed E-state index contributed by atoms with van der Waals surface area (Å²) in [6, 6.07) is 5.16. The van der Waals surface area contributed by atoms with Crippen LogP contribution in [-0.4, -0.2) is 26.0 Å². The molecule has 0 aromatic heterocycles. The molecule has 19 heavy (non-hydrogen) atoms. The number of rotatable bonds is 7. The molecule has 0 aliphatic heterocycles. The number of amides is 2. The zero-order valence-electron chi connectivity index (χ0n) is 11.0. The van der Waals surface area contributed by atoms with Crippen molar-refractivity contribution in [3.63, 3.8) is 0 Å². The van der Waals surface area contributed by atoms with Gasteiger partial charge in [-0.2, -0.15) is 0 Å². The van der Waals surface area contributed by atoms with Gasteiger partial charge in [0.2, 0.25) is 11.8 Å². The van der Waals surface area contributed by atoms with Gasteiger partial charge >= 0.3 is 0 Å². The van der Waals surface area contributed by atoms with Crippen LogP contribution < -0.4 is 20.9 Å². The molecule has 1 aromatic rings. The first-order valence-corrected chi connectivity index (χ1v) is 5.76. The Morgan fingerprint density at radius 1 is 1.11 bits per heavy atom. The van der Waals surface area contributed by atoms with Crippen molar-refractivity contribution in [2.45, 2.75) is 18.8 Å². The van der Waals surface area contributed by atoms with E-state index in [2.05, 4.69) is 0 Å². The fourth-order valence-electron chi connectivity index (χ4n) is 1.93. The lowest BCUT2D eigenvalue weighted by Crippen LogP contribution is -2.21. The number of benzene rings is 1. The van der Waals surface area contributed by atoms with E-state index in [-0.39, 0.29) is 12.8 Å². The van der Waals surface area contributed by atoms with Crippen molar-refractivity contribution in [3.05, 3.63) is 23.8 Å². The summed E-state index contributed by atoms with van der Waals surface area (Å²) >= 11 is 0. The summed E-state index contributed by atoms with van der Waals surface area (Å²) in [5.41, 5.74) is 11.1. The molecule has 6 heteroatoms. The highest BCUT2D eigenvalue weighted by atomic mass is 16.5. The van der Waals surface area contributed by atoms with Crippen molar-refractivity contribution in [3.8, 4) is 11.5 Å². The number of carbonyl (C=O) groups is 2. The molecule has 104 valence electrons.